The van der Waals surface area contributed by atoms with Gasteiger partial charge in [-0.1, -0.05) is 24.3 Å². The number of nitrogens with one attached hydrogen (secondary N) is 2. The summed E-state index contributed by atoms with van der Waals surface area (Å²) in [5, 5.41) is 7.36. The summed E-state index contributed by atoms with van der Waals surface area (Å²) in [6, 6.07) is 10.8. The van der Waals surface area contributed by atoms with Crippen LogP contribution in [0.5, 0.6) is 0 Å². The molecule has 0 aliphatic carbocycles. The summed E-state index contributed by atoms with van der Waals surface area (Å²) in [7, 11) is 0. The average molecular weight is 441 g/mol. The van der Waals surface area contributed by atoms with E-state index >= 15 is 0 Å². The molecule has 31 heavy (non-hydrogen) atoms. The SMILES string of the molecule is O=C1NCCC[C@@H]1NC(=O)[C@@H]1CN(C(=O)c2cccs2)CCN1C(=O)c1ccccc1. The highest BCUT2D eigenvalue weighted by Gasteiger charge is 2.39. The molecule has 4 amide bonds. The Morgan fingerprint density at radius 2 is 1.84 bits per heavy atom. The van der Waals surface area contributed by atoms with Gasteiger partial charge in [-0.15, -0.1) is 11.3 Å². The molecule has 2 saturated heterocycles. The second-order valence-corrected chi connectivity index (χ2v) is 8.55. The van der Waals surface area contributed by atoms with E-state index in [0.717, 1.165) is 6.42 Å². The molecular weight excluding hydrogens is 416 g/mol. The fourth-order valence-electron chi connectivity index (χ4n) is 3.92. The minimum atomic E-state index is -0.875. The third-order valence-corrected chi connectivity index (χ3v) is 6.44. The summed E-state index contributed by atoms with van der Waals surface area (Å²) in [4.78, 5) is 55.0. The number of hydrogen-bond donors (Lipinski definition) is 2. The minimum absolute atomic E-state index is 0.0788. The normalized spacial score (nSPS) is 21.4. The van der Waals surface area contributed by atoms with Crippen LogP contribution < -0.4 is 10.6 Å². The van der Waals surface area contributed by atoms with Crippen molar-refractivity contribution in [1.29, 1.82) is 0 Å². The van der Waals surface area contributed by atoms with Gasteiger partial charge in [0.2, 0.25) is 11.8 Å². The van der Waals surface area contributed by atoms with Crippen molar-refractivity contribution in [3.05, 3.63) is 58.3 Å². The highest BCUT2D eigenvalue weighted by atomic mass is 32.1. The number of amides is 4. The van der Waals surface area contributed by atoms with Crippen molar-refractivity contribution in [3.8, 4) is 0 Å². The Balaban J connectivity index is 1.55. The van der Waals surface area contributed by atoms with Gasteiger partial charge in [-0.2, -0.15) is 0 Å². The van der Waals surface area contributed by atoms with Gasteiger partial charge in [-0.3, -0.25) is 19.2 Å². The fourth-order valence-corrected chi connectivity index (χ4v) is 4.61. The van der Waals surface area contributed by atoms with Crippen LogP contribution in [-0.2, 0) is 9.59 Å². The number of hydrogen-bond acceptors (Lipinski definition) is 5. The molecule has 0 spiro atoms. The first-order valence-electron chi connectivity index (χ1n) is 10.3. The predicted molar refractivity (Wildman–Crippen MR) is 116 cm³/mol. The Kier molecular flexibility index (Phi) is 6.31. The van der Waals surface area contributed by atoms with Crippen molar-refractivity contribution < 1.29 is 19.2 Å². The molecule has 0 radical (unpaired) electrons. The van der Waals surface area contributed by atoms with E-state index < -0.39 is 18.0 Å². The maximum atomic E-state index is 13.2. The van der Waals surface area contributed by atoms with Gasteiger partial charge < -0.3 is 20.4 Å². The van der Waals surface area contributed by atoms with Crippen molar-refractivity contribution in [2.24, 2.45) is 0 Å². The standard InChI is InChI=1S/C22H24N4O4S/c27-19-16(8-4-10-23-19)24-20(28)17-14-25(22(30)18-9-5-13-31-18)11-12-26(17)21(29)15-6-2-1-3-7-15/h1-3,5-7,9,13,16-17H,4,8,10-12,14H2,(H,23,27)(H,24,28)/t16-,17-/m0/s1. The molecule has 8 nitrogen and oxygen atoms in total. The Bertz CT molecular complexity index is 963. The summed E-state index contributed by atoms with van der Waals surface area (Å²) in [6.45, 7) is 1.24. The highest BCUT2D eigenvalue weighted by molar-refractivity contribution is 7.12. The lowest BCUT2D eigenvalue weighted by molar-refractivity contribution is -0.133. The average Bonchev–Trinajstić information content (AvgIpc) is 3.35. The molecule has 9 heteroatoms. The van der Waals surface area contributed by atoms with Crippen molar-refractivity contribution in [1.82, 2.24) is 20.4 Å². The van der Waals surface area contributed by atoms with Crippen molar-refractivity contribution >= 4 is 35.0 Å². The number of rotatable bonds is 4. The maximum absolute atomic E-state index is 13.2. The first-order chi connectivity index (χ1) is 15.0. The summed E-state index contributed by atoms with van der Waals surface area (Å²) >= 11 is 1.34. The lowest BCUT2D eigenvalue weighted by Crippen LogP contribution is -2.63. The van der Waals surface area contributed by atoms with Crippen LogP contribution in [-0.4, -0.2) is 71.7 Å². The van der Waals surface area contributed by atoms with Gasteiger partial charge in [0.1, 0.15) is 12.1 Å². The number of nitrogens with zero attached hydrogens (tertiary/aromatic N) is 2. The molecule has 2 aliphatic rings. The number of benzene rings is 1. The van der Waals surface area contributed by atoms with E-state index in [2.05, 4.69) is 10.6 Å². The molecule has 2 aliphatic heterocycles. The number of carbonyl (C=O) groups is 4. The van der Waals surface area contributed by atoms with E-state index in [0.29, 0.717) is 30.0 Å². The van der Waals surface area contributed by atoms with E-state index in [1.807, 2.05) is 11.4 Å². The van der Waals surface area contributed by atoms with Gasteiger partial charge in [0, 0.05) is 25.2 Å². The van der Waals surface area contributed by atoms with Crippen LogP contribution in [0.1, 0.15) is 32.9 Å². The van der Waals surface area contributed by atoms with Crippen LogP contribution in [0.25, 0.3) is 0 Å². The number of piperidine rings is 1. The van der Waals surface area contributed by atoms with Crippen LogP contribution in [0.2, 0.25) is 0 Å². The molecular formula is C22H24N4O4S. The Morgan fingerprint density at radius 1 is 1.03 bits per heavy atom. The Morgan fingerprint density at radius 3 is 2.55 bits per heavy atom. The van der Waals surface area contributed by atoms with Gasteiger partial charge in [0.05, 0.1) is 11.4 Å². The molecule has 2 atom stereocenters. The number of carbonyl (C=O) groups excluding carboxylic acids is 4. The van der Waals surface area contributed by atoms with E-state index in [4.69, 9.17) is 0 Å². The quantitative estimate of drug-likeness (QED) is 0.744. The lowest BCUT2D eigenvalue weighted by Gasteiger charge is -2.41. The van der Waals surface area contributed by atoms with Gasteiger partial charge >= 0.3 is 0 Å². The van der Waals surface area contributed by atoms with Gasteiger partial charge in [-0.05, 0) is 36.4 Å². The first kappa shape index (κ1) is 21.0. The largest absolute Gasteiger partial charge is 0.354 e. The number of piperazine rings is 1. The Labute approximate surface area is 184 Å². The van der Waals surface area contributed by atoms with Crippen molar-refractivity contribution in [3.63, 3.8) is 0 Å². The zero-order valence-corrected chi connectivity index (χ0v) is 17.8. The third-order valence-electron chi connectivity index (χ3n) is 5.59. The molecule has 3 heterocycles. The van der Waals surface area contributed by atoms with Gasteiger partial charge in [-0.25, -0.2) is 0 Å². The fraction of sp³-hybridized carbons (Fsp3) is 0.364. The Hall–Kier alpha value is -3.20. The number of thiophene rings is 1. The van der Waals surface area contributed by atoms with Gasteiger partial charge in [0.15, 0.2) is 0 Å². The minimum Gasteiger partial charge on any atom is -0.354 e. The smallest absolute Gasteiger partial charge is 0.264 e. The van der Waals surface area contributed by atoms with Crippen LogP contribution in [0, 0.1) is 0 Å². The van der Waals surface area contributed by atoms with E-state index in [1.165, 1.54) is 16.2 Å². The molecule has 2 fully saturated rings. The molecule has 0 saturated carbocycles. The maximum Gasteiger partial charge on any atom is 0.264 e. The topological polar surface area (TPSA) is 98.8 Å². The van der Waals surface area contributed by atoms with E-state index in [-0.39, 0.29) is 30.8 Å². The van der Waals surface area contributed by atoms with Crippen molar-refractivity contribution in [2.45, 2.75) is 24.9 Å². The van der Waals surface area contributed by atoms with E-state index in [1.54, 1.807) is 41.3 Å². The zero-order valence-electron chi connectivity index (χ0n) is 17.0. The molecule has 1 aromatic carbocycles. The van der Waals surface area contributed by atoms with Crippen LogP contribution in [0.15, 0.2) is 47.8 Å². The van der Waals surface area contributed by atoms with Crippen LogP contribution >= 0.6 is 11.3 Å². The van der Waals surface area contributed by atoms with Crippen LogP contribution in [0.3, 0.4) is 0 Å². The molecule has 0 bridgehead atoms. The molecule has 162 valence electrons. The molecule has 2 aromatic rings. The lowest BCUT2D eigenvalue weighted by atomic mass is 10.0. The second-order valence-electron chi connectivity index (χ2n) is 7.60. The van der Waals surface area contributed by atoms with Crippen LogP contribution in [0.4, 0.5) is 0 Å². The molecule has 2 N–H and O–H groups in total. The molecule has 0 unspecified atom stereocenters. The van der Waals surface area contributed by atoms with E-state index in [9.17, 15) is 19.2 Å². The first-order valence-corrected chi connectivity index (χ1v) is 11.2. The van der Waals surface area contributed by atoms with Gasteiger partial charge in [0.25, 0.3) is 11.8 Å². The van der Waals surface area contributed by atoms with Crippen molar-refractivity contribution in [2.75, 3.05) is 26.2 Å². The molecule has 1 aromatic heterocycles. The predicted octanol–water partition coefficient (Wildman–Crippen LogP) is 1.11. The second kappa shape index (κ2) is 9.30. The molecule has 4 rings (SSSR count). The highest BCUT2D eigenvalue weighted by Crippen LogP contribution is 2.19. The summed E-state index contributed by atoms with van der Waals surface area (Å²) < 4.78 is 0. The zero-order chi connectivity index (χ0) is 21.8. The monoisotopic (exact) mass is 440 g/mol. The summed E-state index contributed by atoms with van der Waals surface area (Å²) in [5.74, 6) is -1.06. The third kappa shape index (κ3) is 4.61. The summed E-state index contributed by atoms with van der Waals surface area (Å²) in [6.07, 6.45) is 1.33. The summed E-state index contributed by atoms with van der Waals surface area (Å²) in [5.41, 5.74) is 0.480.